The molecule has 2 rings (SSSR count). The van der Waals surface area contributed by atoms with Crippen molar-refractivity contribution in [2.24, 2.45) is 0 Å². The minimum atomic E-state index is -0.0538. The topological polar surface area (TPSA) is 54.4 Å². The van der Waals surface area contributed by atoms with E-state index in [9.17, 15) is 14.7 Å². The Kier molecular flexibility index (Phi) is 10.5. The number of hydrogen-bond acceptors (Lipinski definition) is 3. The van der Waals surface area contributed by atoms with Gasteiger partial charge in [0, 0.05) is 0 Å². The fraction of sp³-hybridized carbons (Fsp3) is 0.118. The second-order valence-electron chi connectivity index (χ2n) is 4.07. The molecule has 0 heterocycles. The minimum Gasteiger partial charge on any atom is -0.507 e. The number of phenols is 1. The summed E-state index contributed by atoms with van der Waals surface area (Å²) in [6.45, 7) is 5.50. The van der Waals surface area contributed by atoms with Gasteiger partial charge in [0.25, 0.3) is 0 Å². The molecule has 1 N–H and O–H groups in total. The van der Waals surface area contributed by atoms with Crippen molar-refractivity contribution >= 4 is 12.6 Å². The van der Waals surface area contributed by atoms with E-state index in [0.29, 0.717) is 11.8 Å². The zero-order chi connectivity index (χ0) is 15.0. The van der Waals surface area contributed by atoms with Gasteiger partial charge in [0.05, 0.1) is 11.8 Å². The van der Waals surface area contributed by atoms with Crippen LogP contribution in [0.15, 0.2) is 42.5 Å². The summed E-state index contributed by atoms with van der Waals surface area (Å²) in [5.74, 6) is -0.0538. The molecule has 0 saturated carbocycles. The van der Waals surface area contributed by atoms with E-state index in [0.717, 1.165) is 17.5 Å². The number of aldehydes is 1. The van der Waals surface area contributed by atoms with E-state index in [4.69, 9.17) is 0 Å². The van der Waals surface area contributed by atoms with Crippen molar-refractivity contribution in [1.29, 1.82) is 0 Å². The standard InChI is InChI=1S/C14H9O3.C3H7.K/c15-8-10-2-1-3-11(6-10)12-4-5-14(17)13(7-12)9-16;1-3-2;/h1-7,9,17H;1,3H2,2H3;/q2*-1;+1. The molecule has 4 heteroatoms. The van der Waals surface area contributed by atoms with Crippen molar-refractivity contribution in [3.05, 3.63) is 60.5 Å². The van der Waals surface area contributed by atoms with E-state index in [-0.39, 0.29) is 62.7 Å². The first-order chi connectivity index (χ1) is 9.65. The smallest absolute Gasteiger partial charge is 0.507 e. The Morgan fingerprint density at radius 3 is 2.38 bits per heavy atom. The molecule has 2 aromatic rings. The zero-order valence-corrected chi connectivity index (χ0v) is 15.4. The van der Waals surface area contributed by atoms with Crippen molar-refractivity contribution < 1.29 is 66.1 Å². The maximum Gasteiger partial charge on any atom is 1.00 e. The summed E-state index contributed by atoms with van der Waals surface area (Å²) in [6.07, 6.45) is 3.40. The van der Waals surface area contributed by atoms with Gasteiger partial charge in [0.15, 0.2) is 6.29 Å². The Morgan fingerprint density at radius 2 is 1.81 bits per heavy atom. The van der Waals surface area contributed by atoms with E-state index in [1.165, 1.54) is 6.07 Å². The molecular weight excluding hydrogens is 291 g/mol. The molecule has 0 aromatic heterocycles. The molecule has 0 bridgehead atoms. The molecular formula is C17H16KO3-. The predicted octanol–water partition coefficient (Wildman–Crippen LogP) is 0.564. The van der Waals surface area contributed by atoms with Crippen LogP contribution in [0.2, 0.25) is 0 Å². The van der Waals surface area contributed by atoms with Gasteiger partial charge in [-0.15, -0.1) is 6.07 Å². The van der Waals surface area contributed by atoms with Crippen molar-refractivity contribution in [2.75, 3.05) is 0 Å². The number of aromatic hydroxyl groups is 1. The van der Waals surface area contributed by atoms with E-state index in [1.54, 1.807) is 30.3 Å². The first kappa shape index (κ1) is 20.2. The molecule has 0 unspecified atom stereocenters. The van der Waals surface area contributed by atoms with Crippen LogP contribution in [-0.2, 0) is 4.79 Å². The van der Waals surface area contributed by atoms with Gasteiger partial charge in [-0.1, -0.05) is 24.6 Å². The number of carbonyl (C=O) groups excluding carboxylic acids is 2. The van der Waals surface area contributed by atoms with Crippen LogP contribution in [0, 0.1) is 6.92 Å². The second kappa shape index (κ2) is 10.9. The molecule has 0 amide bonds. The maximum atomic E-state index is 10.7. The third kappa shape index (κ3) is 6.24. The summed E-state index contributed by atoms with van der Waals surface area (Å²) in [5.41, 5.74) is 2.24. The summed E-state index contributed by atoms with van der Waals surface area (Å²) in [4.78, 5) is 21.3. The molecule has 2 aromatic carbocycles. The Labute approximate surface area is 167 Å². The van der Waals surface area contributed by atoms with Gasteiger partial charge >= 0.3 is 51.4 Å². The average molecular weight is 307 g/mol. The van der Waals surface area contributed by atoms with Crippen LogP contribution in [0.1, 0.15) is 29.3 Å². The molecule has 3 nitrogen and oxygen atoms in total. The zero-order valence-electron chi connectivity index (χ0n) is 12.3. The van der Waals surface area contributed by atoms with Crippen LogP contribution in [0.25, 0.3) is 11.1 Å². The molecule has 0 aliphatic carbocycles. The average Bonchev–Trinajstić information content (AvgIpc) is 2.48. The summed E-state index contributed by atoms with van der Waals surface area (Å²) in [5, 5.41) is 9.39. The Bertz CT molecular complexity index is 594. The van der Waals surface area contributed by atoms with Crippen LogP contribution < -0.4 is 51.4 Å². The van der Waals surface area contributed by atoms with E-state index in [1.807, 2.05) is 19.3 Å². The number of hydrogen-bond donors (Lipinski definition) is 1. The third-order valence-electron chi connectivity index (χ3n) is 2.47. The number of carbonyl (C=O) groups is 1. The quantitative estimate of drug-likeness (QED) is 0.512. The van der Waals surface area contributed by atoms with E-state index < -0.39 is 0 Å². The molecule has 0 saturated heterocycles. The maximum absolute atomic E-state index is 10.7. The molecule has 0 aliphatic heterocycles. The van der Waals surface area contributed by atoms with Crippen LogP contribution in [0.3, 0.4) is 0 Å². The van der Waals surface area contributed by atoms with E-state index in [2.05, 4.69) is 6.92 Å². The molecule has 21 heavy (non-hydrogen) atoms. The van der Waals surface area contributed by atoms with Crippen LogP contribution >= 0.6 is 0 Å². The molecule has 0 aliphatic rings. The molecule has 104 valence electrons. The van der Waals surface area contributed by atoms with Gasteiger partial charge in [-0.3, -0.25) is 4.79 Å². The predicted molar refractivity (Wildman–Crippen MR) is 79.4 cm³/mol. The first-order valence-electron chi connectivity index (χ1n) is 6.22. The largest absolute Gasteiger partial charge is 1.00 e. The molecule has 0 fully saturated rings. The summed E-state index contributed by atoms with van der Waals surface area (Å²) in [6, 6.07) is 11.6. The van der Waals surface area contributed by atoms with Crippen LogP contribution in [0.5, 0.6) is 5.75 Å². The Hall–Kier alpha value is -0.784. The Morgan fingerprint density at radius 1 is 1.19 bits per heavy atom. The van der Waals surface area contributed by atoms with Gasteiger partial charge in [-0.25, -0.2) is 0 Å². The van der Waals surface area contributed by atoms with Crippen molar-refractivity contribution in [2.45, 2.75) is 13.3 Å². The van der Waals surface area contributed by atoms with Gasteiger partial charge in [-0.05, 0) is 17.7 Å². The monoisotopic (exact) mass is 307 g/mol. The number of benzene rings is 2. The molecule has 0 radical (unpaired) electrons. The van der Waals surface area contributed by atoms with Gasteiger partial charge in [0.1, 0.15) is 5.75 Å². The SMILES string of the molecule is O=[C-]c1cccc(-c2ccc(O)c(C=O)c2)c1.[CH2-]CC.[K+]. The summed E-state index contributed by atoms with van der Waals surface area (Å²) < 4.78 is 0. The van der Waals surface area contributed by atoms with Crippen LogP contribution in [-0.4, -0.2) is 17.7 Å². The third-order valence-corrected chi connectivity index (χ3v) is 2.47. The summed E-state index contributed by atoms with van der Waals surface area (Å²) in [7, 11) is 0. The second-order valence-corrected chi connectivity index (χ2v) is 4.07. The molecule has 0 spiro atoms. The van der Waals surface area contributed by atoms with Gasteiger partial charge in [-0.2, -0.15) is 24.1 Å². The Balaban J connectivity index is 0.000000922. The van der Waals surface area contributed by atoms with Crippen molar-refractivity contribution in [1.82, 2.24) is 0 Å². The van der Waals surface area contributed by atoms with Gasteiger partial charge in [0.2, 0.25) is 0 Å². The fourth-order valence-corrected chi connectivity index (χ4v) is 1.59. The van der Waals surface area contributed by atoms with Gasteiger partial charge < -0.3 is 16.8 Å². The fourth-order valence-electron chi connectivity index (χ4n) is 1.59. The first-order valence-corrected chi connectivity index (χ1v) is 6.22. The molecule has 0 atom stereocenters. The number of phenolic OH excluding ortho intramolecular Hbond substituents is 1. The normalized spacial score (nSPS) is 8.86. The van der Waals surface area contributed by atoms with Crippen LogP contribution in [0.4, 0.5) is 0 Å². The minimum absolute atomic E-state index is 0. The number of rotatable bonds is 3. The summed E-state index contributed by atoms with van der Waals surface area (Å²) >= 11 is 0. The van der Waals surface area contributed by atoms with Crippen molar-refractivity contribution in [3.63, 3.8) is 0 Å². The van der Waals surface area contributed by atoms with Crippen molar-refractivity contribution in [3.8, 4) is 16.9 Å². The van der Waals surface area contributed by atoms with E-state index >= 15 is 0 Å².